The molecule has 2 N–H and O–H groups in total. The third-order valence-corrected chi connectivity index (χ3v) is 4.20. The van der Waals surface area contributed by atoms with E-state index in [2.05, 4.69) is 5.32 Å². The quantitative estimate of drug-likeness (QED) is 0.800. The Kier molecular flexibility index (Phi) is 4.63. The molecule has 0 bridgehead atoms. The number of methoxy groups -OCH3 is 1. The lowest BCUT2D eigenvalue weighted by Gasteiger charge is -2.32. The van der Waals surface area contributed by atoms with Gasteiger partial charge in [0.25, 0.3) is 0 Å². The number of carboxylic acid groups (broad SMARTS) is 1. The van der Waals surface area contributed by atoms with E-state index in [9.17, 15) is 9.59 Å². The lowest BCUT2D eigenvalue weighted by Crippen LogP contribution is -2.51. The van der Waals surface area contributed by atoms with Crippen molar-refractivity contribution >= 4 is 12.0 Å². The molecule has 0 spiro atoms. The minimum atomic E-state index is -1.06. The van der Waals surface area contributed by atoms with Crippen LogP contribution >= 0.6 is 0 Å². The summed E-state index contributed by atoms with van der Waals surface area (Å²) in [5.74, 6) is -0.459. The molecule has 2 rings (SSSR count). The SMILES string of the molecule is COCC(NC(=O)N1CCC2CCCCC21)C(=O)O. The van der Waals surface area contributed by atoms with Gasteiger partial charge in [0.1, 0.15) is 0 Å². The molecular formula is C13H22N2O4. The first-order valence-electron chi connectivity index (χ1n) is 6.92. The summed E-state index contributed by atoms with van der Waals surface area (Å²) in [6, 6.07) is -0.940. The molecule has 0 radical (unpaired) electrons. The van der Waals surface area contributed by atoms with Crippen LogP contribution in [0.1, 0.15) is 32.1 Å². The topological polar surface area (TPSA) is 78.9 Å². The molecule has 2 amide bonds. The molecule has 2 fully saturated rings. The van der Waals surface area contributed by atoms with E-state index in [-0.39, 0.29) is 12.6 Å². The minimum absolute atomic E-state index is 0.0109. The summed E-state index contributed by atoms with van der Waals surface area (Å²) in [4.78, 5) is 25.0. The van der Waals surface area contributed by atoms with Gasteiger partial charge in [-0.05, 0) is 25.2 Å². The minimum Gasteiger partial charge on any atom is -0.480 e. The van der Waals surface area contributed by atoms with Gasteiger partial charge in [0.2, 0.25) is 0 Å². The zero-order valence-corrected chi connectivity index (χ0v) is 11.3. The molecule has 0 aromatic heterocycles. The second kappa shape index (κ2) is 6.23. The van der Waals surface area contributed by atoms with Crippen molar-refractivity contribution < 1.29 is 19.4 Å². The van der Waals surface area contributed by atoms with Gasteiger partial charge in [-0.15, -0.1) is 0 Å². The van der Waals surface area contributed by atoms with Gasteiger partial charge in [-0.1, -0.05) is 12.8 Å². The van der Waals surface area contributed by atoms with Gasteiger partial charge < -0.3 is 20.1 Å². The van der Waals surface area contributed by atoms with E-state index >= 15 is 0 Å². The van der Waals surface area contributed by atoms with Crippen molar-refractivity contribution in [3.8, 4) is 0 Å². The monoisotopic (exact) mass is 270 g/mol. The van der Waals surface area contributed by atoms with E-state index in [1.807, 2.05) is 4.90 Å². The van der Waals surface area contributed by atoms with E-state index in [1.54, 1.807) is 0 Å². The summed E-state index contributed by atoms with van der Waals surface area (Å²) < 4.78 is 4.82. The smallest absolute Gasteiger partial charge is 0.328 e. The molecule has 3 unspecified atom stereocenters. The van der Waals surface area contributed by atoms with Gasteiger partial charge in [-0.25, -0.2) is 9.59 Å². The number of carboxylic acids is 1. The van der Waals surface area contributed by atoms with E-state index in [0.717, 1.165) is 25.8 Å². The number of fused-ring (bicyclic) bond motifs is 1. The molecule has 3 atom stereocenters. The second-order valence-corrected chi connectivity index (χ2v) is 5.39. The Balaban J connectivity index is 1.93. The fourth-order valence-corrected chi connectivity index (χ4v) is 3.23. The lowest BCUT2D eigenvalue weighted by atomic mass is 9.85. The third kappa shape index (κ3) is 3.18. The van der Waals surface area contributed by atoms with E-state index < -0.39 is 12.0 Å². The van der Waals surface area contributed by atoms with Crippen molar-refractivity contribution in [1.29, 1.82) is 0 Å². The maximum absolute atomic E-state index is 12.2. The Morgan fingerprint density at radius 2 is 2.11 bits per heavy atom. The zero-order chi connectivity index (χ0) is 13.8. The van der Waals surface area contributed by atoms with Gasteiger partial charge in [0.05, 0.1) is 6.61 Å². The molecule has 0 aromatic rings. The first kappa shape index (κ1) is 14.1. The fourth-order valence-electron chi connectivity index (χ4n) is 3.23. The number of aliphatic carboxylic acids is 1. The average molecular weight is 270 g/mol. The number of rotatable bonds is 4. The summed E-state index contributed by atoms with van der Waals surface area (Å²) in [5, 5.41) is 11.6. The number of hydrogen-bond donors (Lipinski definition) is 2. The highest BCUT2D eigenvalue weighted by molar-refractivity contribution is 5.83. The number of amides is 2. The summed E-state index contributed by atoms with van der Waals surface area (Å²) >= 11 is 0. The molecule has 1 aliphatic heterocycles. The van der Waals surface area contributed by atoms with Crippen LogP contribution in [0.2, 0.25) is 0 Å². The molecule has 1 saturated heterocycles. The summed E-state index contributed by atoms with van der Waals surface area (Å²) in [5.41, 5.74) is 0. The van der Waals surface area contributed by atoms with Crippen LogP contribution in [0.5, 0.6) is 0 Å². The van der Waals surface area contributed by atoms with Gasteiger partial charge in [-0.3, -0.25) is 0 Å². The molecule has 1 saturated carbocycles. The lowest BCUT2D eigenvalue weighted by molar-refractivity contribution is -0.140. The van der Waals surface area contributed by atoms with Gasteiger partial charge >= 0.3 is 12.0 Å². The van der Waals surface area contributed by atoms with Gasteiger partial charge in [0.15, 0.2) is 6.04 Å². The average Bonchev–Trinajstić information content (AvgIpc) is 2.81. The van der Waals surface area contributed by atoms with Crippen LogP contribution in [-0.4, -0.2) is 54.4 Å². The Morgan fingerprint density at radius 1 is 1.37 bits per heavy atom. The van der Waals surface area contributed by atoms with Crippen molar-refractivity contribution in [3.63, 3.8) is 0 Å². The van der Waals surface area contributed by atoms with E-state index in [1.165, 1.54) is 20.0 Å². The predicted molar refractivity (Wildman–Crippen MR) is 68.9 cm³/mol. The Morgan fingerprint density at radius 3 is 2.79 bits per heavy atom. The van der Waals surface area contributed by atoms with Gasteiger partial charge in [0, 0.05) is 19.7 Å². The van der Waals surface area contributed by atoms with Crippen LogP contribution in [0, 0.1) is 5.92 Å². The first-order valence-corrected chi connectivity index (χ1v) is 6.92. The third-order valence-electron chi connectivity index (χ3n) is 4.20. The highest BCUT2D eigenvalue weighted by Crippen LogP contribution is 2.35. The normalized spacial score (nSPS) is 27.7. The van der Waals surface area contributed by atoms with E-state index in [0.29, 0.717) is 12.0 Å². The molecular weight excluding hydrogens is 248 g/mol. The number of urea groups is 1. The van der Waals surface area contributed by atoms with Crippen molar-refractivity contribution in [2.24, 2.45) is 5.92 Å². The standard InChI is InChI=1S/C13H22N2O4/c1-19-8-10(12(16)17)14-13(18)15-7-6-9-4-2-3-5-11(9)15/h9-11H,2-8H2,1H3,(H,14,18)(H,16,17). The predicted octanol–water partition coefficient (Wildman–Crippen LogP) is 1.06. The van der Waals surface area contributed by atoms with Crippen LogP contribution < -0.4 is 5.32 Å². The largest absolute Gasteiger partial charge is 0.480 e. The number of nitrogens with one attached hydrogen (secondary N) is 1. The first-order chi connectivity index (χ1) is 9.13. The number of nitrogens with zero attached hydrogens (tertiary/aromatic N) is 1. The number of carbonyl (C=O) groups excluding carboxylic acids is 1. The van der Waals surface area contributed by atoms with Crippen molar-refractivity contribution in [1.82, 2.24) is 10.2 Å². The molecule has 0 aromatic carbocycles. The Bertz CT molecular complexity index is 348. The molecule has 1 aliphatic carbocycles. The Labute approximate surface area is 113 Å². The molecule has 2 aliphatic rings. The molecule has 19 heavy (non-hydrogen) atoms. The van der Waals surface area contributed by atoms with Crippen LogP contribution in [0.25, 0.3) is 0 Å². The number of likely N-dealkylation sites (tertiary alicyclic amines) is 1. The van der Waals surface area contributed by atoms with Crippen LogP contribution in [0.3, 0.4) is 0 Å². The fraction of sp³-hybridized carbons (Fsp3) is 0.846. The number of ether oxygens (including phenoxy) is 1. The molecule has 6 heteroatoms. The maximum Gasteiger partial charge on any atom is 0.328 e. The number of carbonyl (C=O) groups is 2. The summed E-state index contributed by atoms with van der Waals surface area (Å²) in [6.07, 6.45) is 5.68. The summed E-state index contributed by atoms with van der Waals surface area (Å²) in [7, 11) is 1.43. The zero-order valence-electron chi connectivity index (χ0n) is 11.3. The van der Waals surface area contributed by atoms with Crippen LogP contribution in [-0.2, 0) is 9.53 Å². The molecule has 6 nitrogen and oxygen atoms in total. The van der Waals surface area contributed by atoms with Gasteiger partial charge in [-0.2, -0.15) is 0 Å². The van der Waals surface area contributed by atoms with Crippen LogP contribution in [0.15, 0.2) is 0 Å². The Hall–Kier alpha value is -1.30. The molecule has 108 valence electrons. The van der Waals surface area contributed by atoms with Crippen molar-refractivity contribution in [2.45, 2.75) is 44.2 Å². The second-order valence-electron chi connectivity index (χ2n) is 5.39. The number of hydrogen-bond acceptors (Lipinski definition) is 3. The summed E-state index contributed by atoms with van der Waals surface area (Å²) in [6.45, 7) is 0.726. The highest BCUT2D eigenvalue weighted by atomic mass is 16.5. The molecule has 1 heterocycles. The van der Waals surface area contributed by atoms with Crippen molar-refractivity contribution in [3.05, 3.63) is 0 Å². The van der Waals surface area contributed by atoms with E-state index in [4.69, 9.17) is 9.84 Å². The van der Waals surface area contributed by atoms with Crippen LogP contribution in [0.4, 0.5) is 4.79 Å². The highest BCUT2D eigenvalue weighted by Gasteiger charge is 2.39. The van der Waals surface area contributed by atoms with Crippen molar-refractivity contribution in [2.75, 3.05) is 20.3 Å². The maximum atomic E-state index is 12.2.